The minimum absolute atomic E-state index is 0.182. The number of thiophene rings is 1. The summed E-state index contributed by atoms with van der Waals surface area (Å²) < 4.78 is 7.07. The highest BCUT2D eigenvalue weighted by Gasteiger charge is 2.17. The number of aromatic nitrogens is 1. The molecule has 0 bridgehead atoms. The van der Waals surface area contributed by atoms with Crippen molar-refractivity contribution in [3.8, 4) is 33.4 Å². The Kier molecular flexibility index (Phi) is 5.36. The smallest absolute Gasteiger partial charge is 0.243 e. The van der Waals surface area contributed by atoms with E-state index in [0.29, 0.717) is 17.2 Å². The Hall–Kier alpha value is -3.84. The van der Waals surface area contributed by atoms with Crippen LogP contribution in [0.5, 0.6) is 23.0 Å². The maximum Gasteiger partial charge on any atom is 0.243 e. The van der Waals surface area contributed by atoms with Crippen molar-refractivity contribution in [1.29, 1.82) is 0 Å². The normalized spacial score (nSPS) is 11.1. The van der Waals surface area contributed by atoms with Crippen LogP contribution in [0.4, 0.5) is 0 Å². The zero-order valence-electron chi connectivity index (χ0n) is 16.0. The molecule has 0 atom stereocenters. The molecule has 1 amide bonds. The molecule has 0 saturated carbocycles. The van der Waals surface area contributed by atoms with Gasteiger partial charge in [-0.25, -0.2) is 0 Å². The summed E-state index contributed by atoms with van der Waals surface area (Å²) in [6, 6.07) is 15.5. The predicted octanol–water partition coefficient (Wildman–Crippen LogP) is 4.93. The van der Waals surface area contributed by atoms with Crippen LogP contribution >= 0.6 is 11.3 Å². The highest BCUT2D eigenvalue weighted by Crippen LogP contribution is 2.47. The van der Waals surface area contributed by atoms with Crippen molar-refractivity contribution in [2.24, 2.45) is 0 Å². The van der Waals surface area contributed by atoms with Crippen LogP contribution in [0.1, 0.15) is 5.69 Å². The first-order chi connectivity index (χ1) is 14.5. The molecule has 3 N–H and O–H groups in total. The minimum atomic E-state index is -0.205. The first-order valence-electron chi connectivity index (χ1n) is 9.12. The summed E-state index contributed by atoms with van der Waals surface area (Å²) in [6.07, 6.45) is 4.62. The quantitative estimate of drug-likeness (QED) is 0.400. The van der Waals surface area contributed by atoms with Gasteiger partial charge in [0.15, 0.2) is 5.75 Å². The zero-order chi connectivity index (χ0) is 21.1. The van der Waals surface area contributed by atoms with Crippen molar-refractivity contribution in [2.75, 3.05) is 7.05 Å². The lowest BCUT2D eigenvalue weighted by Gasteiger charge is -2.08. The predicted molar refractivity (Wildman–Crippen MR) is 118 cm³/mol. The van der Waals surface area contributed by atoms with Crippen molar-refractivity contribution >= 4 is 33.4 Å². The van der Waals surface area contributed by atoms with Crippen LogP contribution in [0.2, 0.25) is 0 Å². The third-order valence-electron chi connectivity index (χ3n) is 4.39. The molecule has 0 aliphatic carbocycles. The van der Waals surface area contributed by atoms with E-state index in [-0.39, 0.29) is 17.4 Å². The van der Waals surface area contributed by atoms with E-state index in [1.54, 1.807) is 55.7 Å². The van der Waals surface area contributed by atoms with Crippen LogP contribution < -0.4 is 10.1 Å². The molecule has 0 aliphatic heterocycles. The highest BCUT2D eigenvalue weighted by atomic mass is 32.1. The van der Waals surface area contributed by atoms with E-state index in [2.05, 4.69) is 10.3 Å². The first-order valence-corrected chi connectivity index (χ1v) is 9.94. The first kappa shape index (κ1) is 19.5. The number of carbonyl (C=O) groups is 1. The van der Waals surface area contributed by atoms with Crippen molar-refractivity contribution in [3.05, 3.63) is 72.6 Å². The average Bonchev–Trinajstić information content (AvgIpc) is 3.10. The Morgan fingerprint density at radius 2 is 1.83 bits per heavy atom. The Morgan fingerprint density at radius 1 is 1.07 bits per heavy atom. The van der Waals surface area contributed by atoms with E-state index in [0.717, 1.165) is 20.5 Å². The SMILES string of the molecule is CNC(=O)/C=C/c1ccc(Oc2c(-c3ccc(O)cc3)sc3cc(O)ccc23)cn1. The molecule has 2 heterocycles. The summed E-state index contributed by atoms with van der Waals surface area (Å²) in [4.78, 5) is 16.5. The van der Waals surface area contributed by atoms with Gasteiger partial charge < -0.3 is 20.3 Å². The molecular weight excluding hydrogens is 400 g/mol. The van der Waals surface area contributed by atoms with Crippen LogP contribution in [0, 0.1) is 0 Å². The van der Waals surface area contributed by atoms with Gasteiger partial charge in [-0.2, -0.15) is 0 Å². The van der Waals surface area contributed by atoms with E-state index in [4.69, 9.17) is 4.74 Å². The Morgan fingerprint density at radius 3 is 2.53 bits per heavy atom. The van der Waals surface area contributed by atoms with Crippen molar-refractivity contribution in [1.82, 2.24) is 10.3 Å². The summed E-state index contributed by atoms with van der Waals surface area (Å²) in [5, 5.41) is 22.8. The second-order valence-electron chi connectivity index (χ2n) is 6.46. The molecule has 4 aromatic rings. The maximum atomic E-state index is 11.3. The molecular formula is C23H18N2O4S. The molecule has 0 fully saturated rings. The van der Waals surface area contributed by atoms with Gasteiger partial charge in [-0.3, -0.25) is 9.78 Å². The molecule has 0 radical (unpaired) electrons. The lowest BCUT2D eigenvalue weighted by Crippen LogP contribution is -2.13. The number of amides is 1. The second-order valence-corrected chi connectivity index (χ2v) is 7.51. The third kappa shape index (κ3) is 4.11. The van der Waals surface area contributed by atoms with Crippen LogP contribution in [0.15, 0.2) is 66.9 Å². The largest absolute Gasteiger partial charge is 0.508 e. The Balaban J connectivity index is 1.71. The second kappa shape index (κ2) is 8.26. The fourth-order valence-corrected chi connectivity index (χ4v) is 4.05. The number of phenols is 2. The monoisotopic (exact) mass is 418 g/mol. The molecule has 150 valence electrons. The van der Waals surface area contributed by atoms with Gasteiger partial charge in [0.1, 0.15) is 17.2 Å². The molecule has 6 nitrogen and oxygen atoms in total. The number of hydrogen-bond acceptors (Lipinski definition) is 6. The lowest BCUT2D eigenvalue weighted by molar-refractivity contribution is -0.115. The topological polar surface area (TPSA) is 91.7 Å². The average molecular weight is 418 g/mol. The number of hydrogen-bond donors (Lipinski definition) is 3. The van der Waals surface area contributed by atoms with Gasteiger partial charge in [0.05, 0.1) is 16.8 Å². The van der Waals surface area contributed by atoms with Crippen LogP contribution in [0.25, 0.3) is 26.6 Å². The molecule has 7 heteroatoms. The van der Waals surface area contributed by atoms with E-state index in [1.807, 2.05) is 18.2 Å². The Labute approximate surface area is 176 Å². The van der Waals surface area contributed by atoms with Gasteiger partial charge >= 0.3 is 0 Å². The summed E-state index contributed by atoms with van der Waals surface area (Å²) in [5.41, 5.74) is 1.52. The number of carbonyl (C=O) groups excluding carboxylic acids is 1. The molecule has 0 spiro atoms. The standard InChI is InChI=1S/C23H18N2O4S/c1-24-21(28)11-5-15-4-9-18(13-25-15)29-22-19-10-8-17(27)12-20(19)30-23(22)14-2-6-16(26)7-3-14/h2-13,26-27H,1H3,(H,24,28)/b11-5+. The number of nitrogens with zero attached hydrogens (tertiary/aromatic N) is 1. The summed E-state index contributed by atoms with van der Waals surface area (Å²) >= 11 is 1.49. The number of benzene rings is 2. The fourth-order valence-electron chi connectivity index (χ4n) is 2.88. The highest BCUT2D eigenvalue weighted by molar-refractivity contribution is 7.22. The van der Waals surface area contributed by atoms with Gasteiger partial charge in [-0.1, -0.05) is 0 Å². The molecule has 2 aromatic heterocycles. The van der Waals surface area contributed by atoms with Gasteiger partial charge in [0.2, 0.25) is 5.91 Å². The molecule has 4 rings (SSSR count). The molecule has 0 unspecified atom stereocenters. The number of pyridine rings is 1. The molecule has 2 aromatic carbocycles. The van der Waals surface area contributed by atoms with Gasteiger partial charge in [-0.15, -0.1) is 11.3 Å². The number of phenolic OH excluding ortho intramolecular Hbond substituents is 2. The van der Waals surface area contributed by atoms with E-state index in [9.17, 15) is 15.0 Å². The van der Waals surface area contributed by atoms with E-state index < -0.39 is 0 Å². The number of aromatic hydroxyl groups is 2. The van der Waals surface area contributed by atoms with Gasteiger partial charge in [0, 0.05) is 23.2 Å². The number of fused-ring (bicyclic) bond motifs is 1. The fraction of sp³-hybridized carbons (Fsp3) is 0.0435. The third-order valence-corrected chi connectivity index (χ3v) is 5.57. The van der Waals surface area contributed by atoms with Crippen molar-refractivity contribution in [3.63, 3.8) is 0 Å². The number of nitrogens with one attached hydrogen (secondary N) is 1. The lowest BCUT2D eigenvalue weighted by atomic mass is 10.1. The summed E-state index contributed by atoms with van der Waals surface area (Å²) in [7, 11) is 1.56. The van der Waals surface area contributed by atoms with Crippen LogP contribution in [-0.4, -0.2) is 28.2 Å². The zero-order valence-corrected chi connectivity index (χ0v) is 16.8. The summed E-state index contributed by atoms with van der Waals surface area (Å²) in [5.74, 6) is 1.35. The van der Waals surface area contributed by atoms with Gasteiger partial charge in [-0.05, 0) is 66.2 Å². The molecule has 0 saturated heterocycles. The van der Waals surface area contributed by atoms with Gasteiger partial charge in [0.25, 0.3) is 0 Å². The molecule has 30 heavy (non-hydrogen) atoms. The van der Waals surface area contributed by atoms with Crippen molar-refractivity contribution in [2.45, 2.75) is 0 Å². The summed E-state index contributed by atoms with van der Waals surface area (Å²) in [6.45, 7) is 0. The number of rotatable bonds is 5. The Bertz CT molecular complexity index is 1230. The van der Waals surface area contributed by atoms with E-state index in [1.165, 1.54) is 17.4 Å². The van der Waals surface area contributed by atoms with Crippen LogP contribution in [-0.2, 0) is 4.79 Å². The molecule has 0 aliphatic rings. The number of likely N-dealkylation sites (N-methyl/N-ethyl adjacent to an activating group) is 1. The van der Waals surface area contributed by atoms with E-state index >= 15 is 0 Å². The van der Waals surface area contributed by atoms with Crippen molar-refractivity contribution < 1.29 is 19.7 Å². The van der Waals surface area contributed by atoms with Crippen LogP contribution in [0.3, 0.4) is 0 Å². The number of ether oxygens (including phenoxy) is 1. The minimum Gasteiger partial charge on any atom is -0.508 e. The maximum absolute atomic E-state index is 11.3.